The van der Waals surface area contributed by atoms with E-state index in [1.165, 1.54) is 31.4 Å². The minimum absolute atomic E-state index is 0.542. The highest BCUT2D eigenvalue weighted by Crippen LogP contribution is 2.36. The molecule has 4 rings (SSSR count). The third-order valence-electron chi connectivity index (χ3n) is 5.18. The molecule has 1 aromatic heterocycles. The molecular weight excluding hydrogens is 274 g/mol. The van der Waals surface area contributed by atoms with Gasteiger partial charge in [0.2, 0.25) is 0 Å². The predicted octanol–water partition coefficient (Wildman–Crippen LogP) is 2.88. The Morgan fingerprint density at radius 1 is 1.32 bits per heavy atom. The molecule has 2 N–H and O–H groups in total. The lowest BCUT2D eigenvalue weighted by molar-refractivity contribution is 0.136. The van der Waals surface area contributed by atoms with Gasteiger partial charge in [-0.15, -0.1) is 0 Å². The molecule has 1 aromatic carbocycles. The first-order valence-corrected chi connectivity index (χ1v) is 8.16. The van der Waals surface area contributed by atoms with E-state index in [1.54, 1.807) is 0 Å². The van der Waals surface area contributed by atoms with Gasteiger partial charge in [0.25, 0.3) is 0 Å². The number of hydrogen-bond acceptors (Lipinski definition) is 4. The van der Waals surface area contributed by atoms with Gasteiger partial charge in [-0.05, 0) is 43.9 Å². The summed E-state index contributed by atoms with van der Waals surface area (Å²) in [5.74, 6) is 0. The maximum atomic E-state index is 8.81. The highest BCUT2D eigenvalue weighted by Gasteiger charge is 2.40. The van der Waals surface area contributed by atoms with Gasteiger partial charge < -0.3 is 5.32 Å². The zero-order valence-electron chi connectivity index (χ0n) is 12.6. The Kier molecular flexibility index (Phi) is 3.47. The molecule has 2 aliphatic heterocycles. The smallest absolute Gasteiger partial charge is 0.0651 e. The van der Waals surface area contributed by atoms with Gasteiger partial charge in [0.15, 0.2) is 0 Å². The van der Waals surface area contributed by atoms with Crippen LogP contribution in [-0.4, -0.2) is 39.8 Å². The van der Waals surface area contributed by atoms with Crippen LogP contribution in [0.1, 0.15) is 32.1 Å². The molecule has 3 heterocycles. The van der Waals surface area contributed by atoms with Crippen molar-refractivity contribution in [2.75, 3.05) is 11.9 Å². The van der Waals surface area contributed by atoms with Crippen LogP contribution >= 0.6 is 0 Å². The number of aromatic nitrogens is 2. The average molecular weight is 295 g/mol. The quantitative estimate of drug-likeness (QED) is 0.910. The fourth-order valence-corrected chi connectivity index (χ4v) is 4.20. The predicted molar refractivity (Wildman–Crippen MR) is 86.5 cm³/mol. The third-order valence-corrected chi connectivity index (χ3v) is 5.18. The highest BCUT2D eigenvalue weighted by molar-refractivity contribution is 5.81. The average Bonchev–Trinajstić information content (AvgIpc) is 3.07. The molecule has 5 heteroatoms. The number of nitriles is 1. The van der Waals surface area contributed by atoms with Crippen molar-refractivity contribution in [3.63, 3.8) is 0 Å². The number of aromatic amines is 1. The van der Waals surface area contributed by atoms with Crippen molar-refractivity contribution in [1.82, 2.24) is 15.1 Å². The maximum Gasteiger partial charge on any atom is 0.0651 e. The lowest BCUT2D eigenvalue weighted by Gasteiger charge is -2.39. The minimum Gasteiger partial charge on any atom is -0.382 e. The summed E-state index contributed by atoms with van der Waals surface area (Å²) < 4.78 is 0. The second-order valence-electron chi connectivity index (χ2n) is 6.52. The molecule has 5 nitrogen and oxygen atoms in total. The van der Waals surface area contributed by atoms with Gasteiger partial charge in [-0.25, -0.2) is 0 Å². The number of fused-ring (bicyclic) bond motifs is 3. The van der Waals surface area contributed by atoms with Gasteiger partial charge in [-0.1, -0.05) is 0 Å². The zero-order valence-corrected chi connectivity index (χ0v) is 12.6. The molecule has 0 aliphatic carbocycles. The van der Waals surface area contributed by atoms with E-state index < -0.39 is 0 Å². The van der Waals surface area contributed by atoms with Crippen molar-refractivity contribution in [2.45, 2.75) is 50.2 Å². The van der Waals surface area contributed by atoms with Crippen molar-refractivity contribution in [1.29, 1.82) is 5.26 Å². The molecule has 2 unspecified atom stereocenters. The fraction of sp³-hybridized carbons (Fsp3) is 0.529. The van der Waals surface area contributed by atoms with Crippen LogP contribution in [0.4, 0.5) is 5.69 Å². The molecule has 0 saturated carbocycles. The largest absolute Gasteiger partial charge is 0.382 e. The lowest BCUT2D eigenvalue weighted by atomic mass is 9.96. The van der Waals surface area contributed by atoms with Crippen LogP contribution in [0.25, 0.3) is 10.9 Å². The SMILES string of the molecule is N#CCCN1C2CCC1CC(Nc1ccc3[nH]ncc3c1)C2. The Balaban J connectivity index is 1.43. The van der Waals surface area contributed by atoms with Crippen molar-refractivity contribution in [3.8, 4) is 6.07 Å². The molecule has 2 atom stereocenters. The molecule has 114 valence electrons. The molecule has 0 amide bonds. The van der Waals surface area contributed by atoms with Gasteiger partial charge in [0.1, 0.15) is 0 Å². The summed E-state index contributed by atoms with van der Waals surface area (Å²) in [6, 6.07) is 10.5. The monoisotopic (exact) mass is 295 g/mol. The lowest BCUT2D eigenvalue weighted by Crippen LogP contribution is -2.47. The van der Waals surface area contributed by atoms with Crippen LogP contribution in [0.5, 0.6) is 0 Å². The van der Waals surface area contributed by atoms with E-state index in [4.69, 9.17) is 5.26 Å². The molecule has 2 aromatic rings. The summed E-state index contributed by atoms with van der Waals surface area (Å²) >= 11 is 0. The summed E-state index contributed by atoms with van der Waals surface area (Å²) in [4.78, 5) is 2.57. The van der Waals surface area contributed by atoms with E-state index in [0.29, 0.717) is 24.5 Å². The second-order valence-corrected chi connectivity index (χ2v) is 6.52. The van der Waals surface area contributed by atoms with Crippen molar-refractivity contribution >= 4 is 16.6 Å². The summed E-state index contributed by atoms with van der Waals surface area (Å²) in [5.41, 5.74) is 2.26. The minimum atomic E-state index is 0.542. The number of nitrogens with one attached hydrogen (secondary N) is 2. The first-order valence-electron chi connectivity index (χ1n) is 8.16. The number of H-pyrrole nitrogens is 1. The summed E-state index contributed by atoms with van der Waals surface area (Å²) in [7, 11) is 0. The van der Waals surface area contributed by atoms with E-state index in [9.17, 15) is 0 Å². The number of anilines is 1. The van der Waals surface area contributed by atoms with E-state index in [0.717, 1.165) is 17.4 Å². The van der Waals surface area contributed by atoms with E-state index in [2.05, 4.69) is 44.7 Å². The Labute approximate surface area is 130 Å². The van der Waals surface area contributed by atoms with Gasteiger partial charge in [0, 0.05) is 42.2 Å². The summed E-state index contributed by atoms with van der Waals surface area (Å²) in [6.45, 7) is 0.944. The number of rotatable bonds is 4. The molecule has 22 heavy (non-hydrogen) atoms. The molecule has 2 bridgehead atoms. The topological polar surface area (TPSA) is 67.7 Å². The highest BCUT2D eigenvalue weighted by atomic mass is 15.2. The third kappa shape index (κ3) is 2.44. The van der Waals surface area contributed by atoms with Crippen molar-refractivity contribution < 1.29 is 0 Å². The van der Waals surface area contributed by atoms with Crippen molar-refractivity contribution in [3.05, 3.63) is 24.4 Å². The molecule has 0 radical (unpaired) electrons. The Bertz CT molecular complexity index is 686. The number of nitrogens with zero attached hydrogens (tertiary/aromatic N) is 3. The van der Waals surface area contributed by atoms with Gasteiger partial charge in [0.05, 0.1) is 17.8 Å². The Morgan fingerprint density at radius 3 is 2.91 bits per heavy atom. The Hall–Kier alpha value is -2.06. The van der Waals surface area contributed by atoms with Crippen LogP contribution in [0.3, 0.4) is 0 Å². The van der Waals surface area contributed by atoms with Gasteiger partial charge in [-0.2, -0.15) is 10.4 Å². The van der Waals surface area contributed by atoms with Gasteiger partial charge in [-0.3, -0.25) is 10.00 Å². The van der Waals surface area contributed by atoms with E-state index in [1.807, 2.05) is 6.20 Å². The van der Waals surface area contributed by atoms with Crippen LogP contribution in [0.15, 0.2) is 24.4 Å². The fourth-order valence-electron chi connectivity index (χ4n) is 4.20. The van der Waals surface area contributed by atoms with Crippen LogP contribution in [0, 0.1) is 11.3 Å². The maximum absolute atomic E-state index is 8.81. The normalized spacial score (nSPS) is 27.9. The molecule has 2 fully saturated rings. The standard InChI is InChI=1S/C17H21N5/c18-6-1-7-22-15-3-4-16(22)10-14(9-15)20-13-2-5-17-12(8-13)11-19-21-17/h2,5,8,11,14-16,20H,1,3-4,7,9-10H2,(H,19,21). The van der Waals surface area contributed by atoms with E-state index in [-0.39, 0.29) is 0 Å². The zero-order chi connectivity index (χ0) is 14.9. The van der Waals surface area contributed by atoms with E-state index >= 15 is 0 Å². The van der Waals surface area contributed by atoms with Crippen LogP contribution < -0.4 is 5.32 Å². The Morgan fingerprint density at radius 2 is 2.14 bits per heavy atom. The molecule has 2 saturated heterocycles. The van der Waals surface area contributed by atoms with Crippen LogP contribution in [-0.2, 0) is 0 Å². The first-order chi connectivity index (χ1) is 10.8. The summed E-state index contributed by atoms with van der Waals surface area (Å²) in [6.07, 6.45) is 7.47. The summed E-state index contributed by atoms with van der Waals surface area (Å²) in [5, 5.41) is 20.7. The molecular formula is C17H21N5. The molecule has 2 aliphatic rings. The van der Waals surface area contributed by atoms with Crippen molar-refractivity contribution in [2.24, 2.45) is 0 Å². The molecule has 0 spiro atoms. The first kappa shape index (κ1) is 13.6. The number of hydrogen-bond donors (Lipinski definition) is 2. The number of benzene rings is 1. The van der Waals surface area contributed by atoms with Crippen LogP contribution in [0.2, 0.25) is 0 Å². The number of piperidine rings is 1. The second kappa shape index (κ2) is 5.62. The van der Waals surface area contributed by atoms with Gasteiger partial charge >= 0.3 is 0 Å².